The number of benzene rings is 4. The second-order valence-electron chi connectivity index (χ2n) is 10.2. The third-order valence-electron chi connectivity index (χ3n) is 7.03. The smallest absolute Gasteiger partial charge is 0.271 e. The summed E-state index contributed by atoms with van der Waals surface area (Å²) in [6.45, 7) is 1.33. The Bertz CT molecular complexity index is 1720. The van der Waals surface area contributed by atoms with Gasteiger partial charge in [-0.25, -0.2) is 12.8 Å². The first kappa shape index (κ1) is 32.8. The summed E-state index contributed by atoms with van der Waals surface area (Å²) in [4.78, 5) is 40.0. The lowest BCUT2D eigenvalue weighted by molar-refractivity contribution is -0.384. The van der Waals surface area contributed by atoms with E-state index in [0.29, 0.717) is 18.5 Å². The van der Waals surface area contributed by atoms with E-state index >= 15 is 0 Å². The minimum atomic E-state index is -4.41. The summed E-state index contributed by atoms with van der Waals surface area (Å²) in [5, 5.41) is 14.4. The van der Waals surface area contributed by atoms with Crippen molar-refractivity contribution in [2.75, 3.05) is 17.4 Å². The molecule has 10 nitrogen and oxygen atoms in total. The summed E-state index contributed by atoms with van der Waals surface area (Å²) in [6.07, 6.45) is 0.761. The molecule has 4 aromatic carbocycles. The second-order valence-corrected chi connectivity index (χ2v) is 12.1. The van der Waals surface area contributed by atoms with Crippen LogP contribution in [0.1, 0.15) is 24.5 Å². The monoisotopic (exact) mass is 632 g/mol. The number of halogens is 1. The number of nitrogens with one attached hydrogen (secondary N) is 1. The number of sulfonamides is 1. The molecule has 0 unspecified atom stereocenters. The lowest BCUT2D eigenvalue weighted by Gasteiger charge is -2.33. The largest absolute Gasteiger partial charge is 0.354 e. The van der Waals surface area contributed by atoms with Crippen LogP contribution in [0.5, 0.6) is 0 Å². The van der Waals surface area contributed by atoms with Crippen LogP contribution in [0.25, 0.3) is 0 Å². The van der Waals surface area contributed by atoms with Gasteiger partial charge in [-0.15, -0.1) is 0 Å². The van der Waals surface area contributed by atoms with E-state index in [2.05, 4.69) is 5.32 Å². The van der Waals surface area contributed by atoms with Crippen molar-refractivity contribution in [1.29, 1.82) is 0 Å². The van der Waals surface area contributed by atoms with Crippen molar-refractivity contribution < 1.29 is 27.3 Å². The number of carbonyl (C=O) groups excluding carboxylic acids is 2. The fourth-order valence-electron chi connectivity index (χ4n) is 4.72. The van der Waals surface area contributed by atoms with Crippen molar-refractivity contribution >= 4 is 33.2 Å². The zero-order chi connectivity index (χ0) is 32.4. The van der Waals surface area contributed by atoms with E-state index in [9.17, 15) is 32.5 Å². The van der Waals surface area contributed by atoms with Crippen molar-refractivity contribution in [2.24, 2.45) is 0 Å². The molecule has 0 saturated heterocycles. The molecule has 0 fully saturated rings. The molecular weight excluding hydrogens is 599 g/mol. The number of rotatable bonds is 14. The predicted octanol–water partition coefficient (Wildman–Crippen LogP) is 5.10. The quantitative estimate of drug-likeness (QED) is 0.152. The maximum Gasteiger partial charge on any atom is 0.271 e. The van der Waals surface area contributed by atoms with Gasteiger partial charge in [-0.1, -0.05) is 73.7 Å². The summed E-state index contributed by atoms with van der Waals surface area (Å²) in [6, 6.07) is 25.8. The first-order chi connectivity index (χ1) is 21.6. The molecule has 1 N–H and O–H groups in total. The van der Waals surface area contributed by atoms with Crippen LogP contribution < -0.4 is 9.62 Å². The highest BCUT2D eigenvalue weighted by atomic mass is 32.2. The number of non-ortho nitro benzene ring substituents is 1. The second kappa shape index (κ2) is 15.1. The standard InChI is InChI=1S/C33H33FN4O6S/c1-2-20-35-33(40)31(21-25-10-5-3-6-11-25)36(23-26-16-18-27(34)19-17-26)32(39)24-37(28-12-9-13-29(22-28)38(41)42)45(43,44)30-14-7-4-8-15-30/h3-19,22,31H,2,20-21,23-24H2,1H3,(H,35,40)/t31-/m0/s1. The van der Waals surface area contributed by atoms with Gasteiger partial charge in [-0.05, 0) is 47.9 Å². The molecule has 0 aliphatic rings. The van der Waals surface area contributed by atoms with Crippen molar-refractivity contribution in [2.45, 2.75) is 37.2 Å². The van der Waals surface area contributed by atoms with Gasteiger partial charge in [-0.2, -0.15) is 0 Å². The third kappa shape index (κ3) is 8.51. The minimum absolute atomic E-state index is 0.0989. The van der Waals surface area contributed by atoms with E-state index in [1.807, 2.05) is 25.1 Å². The van der Waals surface area contributed by atoms with E-state index < -0.39 is 45.2 Å². The van der Waals surface area contributed by atoms with Crippen LogP contribution in [0.15, 0.2) is 114 Å². The van der Waals surface area contributed by atoms with E-state index in [-0.39, 0.29) is 29.2 Å². The fraction of sp³-hybridized carbons (Fsp3) is 0.212. The van der Waals surface area contributed by atoms with E-state index in [0.717, 1.165) is 15.9 Å². The van der Waals surface area contributed by atoms with Crippen LogP contribution >= 0.6 is 0 Å². The molecule has 0 aromatic heterocycles. The van der Waals surface area contributed by atoms with Crippen molar-refractivity contribution in [3.8, 4) is 0 Å². The summed E-state index contributed by atoms with van der Waals surface area (Å²) < 4.78 is 42.5. The number of carbonyl (C=O) groups is 2. The van der Waals surface area contributed by atoms with E-state index in [4.69, 9.17) is 0 Å². The number of hydrogen-bond acceptors (Lipinski definition) is 6. The Morgan fingerprint density at radius 2 is 1.53 bits per heavy atom. The highest BCUT2D eigenvalue weighted by molar-refractivity contribution is 7.92. The Morgan fingerprint density at radius 3 is 2.16 bits per heavy atom. The van der Waals surface area contributed by atoms with Gasteiger partial charge in [0.1, 0.15) is 18.4 Å². The molecule has 4 aromatic rings. The van der Waals surface area contributed by atoms with Gasteiger partial charge in [0.15, 0.2) is 0 Å². The molecule has 45 heavy (non-hydrogen) atoms. The van der Waals surface area contributed by atoms with Gasteiger partial charge in [0.25, 0.3) is 15.7 Å². The number of hydrogen-bond donors (Lipinski definition) is 1. The third-order valence-corrected chi connectivity index (χ3v) is 8.81. The van der Waals surface area contributed by atoms with Gasteiger partial charge in [0.05, 0.1) is 15.5 Å². The minimum Gasteiger partial charge on any atom is -0.354 e. The Hall–Kier alpha value is -5.10. The van der Waals surface area contributed by atoms with Gasteiger partial charge < -0.3 is 10.2 Å². The molecule has 0 heterocycles. The van der Waals surface area contributed by atoms with Gasteiger partial charge in [-0.3, -0.25) is 24.0 Å². The van der Waals surface area contributed by atoms with Crippen LogP contribution in [0.2, 0.25) is 0 Å². The summed E-state index contributed by atoms with van der Waals surface area (Å²) in [5.41, 5.74) is 0.813. The lowest BCUT2D eigenvalue weighted by Crippen LogP contribution is -2.53. The molecule has 12 heteroatoms. The molecule has 0 saturated carbocycles. The molecule has 0 bridgehead atoms. The van der Waals surface area contributed by atoms with Crippen molar-refractivity contribution in [1.82, 2.24) is 10.2 Å². The number of anilines is 1. The maximum absolute atomic E-state index is 14.3. The highest BCUT2D eigenvalue weighted by Crippen LogP contribution is 2.28. The number of amides is 2. The Balaban J connectivity index is 1.81. The Kier molecular flexibility index (Phi) is 11.0. The zero-order valence-corrected chi connectivity index (χ0v) is 25.4. The van der Waals surface area contributed by atoms with Gasteiger partial charge in [0.2, 0.25) is 11.8 Å². The van der Waals surface area contributed by atoms with Crippen LogP contribution in [0.3, 0.4) is 0 Å². The van der Waals surface area contributed by atoms with Crippen molar-refractivity contribution in [3.05, 3.63) is 136 Å². The fourth-order valence-corrected chi connectivity index (χ4v) is 6.14. The number of nitro benzene ring substituents is 1. The van der Waals surface area contributed by atoms with Crippen LogP contribution in [-0.4, -0.2) is 49.2 Å². The molecular formula is C33H33FN4O6S. The SMILES string of the molecule is CCCNC(=O)[C@H](Cc1ccccc1)N(Cc1ccc(F)cc1)C(=O)CN(c1cccc([N+](=O)[O-])c1)S(=O)(=O)c1ccccc1. The molecule has 2 amide bonds. The summed E-state index contributed by atoms with van der Waals surface area (Å²) >= 11 is 0. The van der Waals surface area contributed by atoms with Gasteiger partial charge in [0, 0.05) is 31.6 Å². The topological polar surface area (TPSA) is 130 Å². The van der Waals surface area contributed by atoms with Gasteiger partial charge >= 0.3 is 0 Å². The lowest BCUT2D eigenvalue weighted by atomic mass is 10.0. The summed E-state index contributed by atoms with van der Waals surface area (Å²) in [5.74, 6) is -1.66. The molecule has 0 aliphatic carbocycles. The summed E-state index contributed by atoms with van der Waals surface area (Å²) in [7, 11) is -4.41. The molecule has 1 atom stereocenters. The average Bonchev–Trinajstić information content (AvgIpc) is 3.05. The first-order valence-corrected chi connectivity index (χ1v) is 15.7. The highest BCUT2D eigenvalue weighted by Gasteiger charge is 2.35. The van der Waals surface area contributed by atoms with Crippen molar-refractivity contribution in [3.63, 3.8) is 0 Å². The first-order valence-electron chi connectivity index (χ1n) is 14.3. The average molecular weight is 633 g/mol. The van der Waals surface area contributed by atoms with E-state index in [1.54, 1.807) is 18.2 Å². The molecule has 0 aliphatic heterocycles. The molecule has 0 spiro atoms. The van der Waals surface area contributed by atoms with Crippen LogP contribution in [0, 0.1) is 15.9 Å². The predicted molar refractivity (Wildman–Crippen MR) is 168 cm³/mol. The number of nitro groups is 1. The van der Waals surface area contributed by atoms with Crippen LogP contribution in [-0.2, 0) is 32.6 Å². The molecule has 234 valence electrons. The maximum atomic E-state index is 14.3. The van der Waals surface area contributed by atoms with Crippen LogP contribution in [0.4, 0.5) is 15.8 Å². The normalized spacial score (nSPS) is 11.8. The number of nitrogens with zero attached hydrogens (tertiary/aromatic N) is 3. The molecule has 4 rings (SSSR count). The Morgan fingerprint density at radius 1 is 0.889 bits per heavy atom. The molecule has 0 radical (unpaired) electrons. The zero-order valence-electron chi connectivity index (χ0n) is 24.6. The Labute approximate surface area is 261 Å². The van der Waals surface area contributed by atoms with E-state index in [1.165, 1.54) is 71.6 Å².